The van der Waals surface area contributed by atoms with E-state index in [1.807, 2.05) is 0 Å². The summed E-state index contributed by atoms with van der Waals surface area (Å²) >= 11 is 5.95. The molecule has 3 aromatic rings. The van der Waals surface area contributed by atoms with Crippen molar-refractivity contribution in [2.24, 2.45) is 0 Å². The molecule has 3 nitrogen and oxygen atoms in total. The normalized spacial score (nSPS) is 11.2. The van der Waals surface area contributed by atoms with Crippen molar-refractivity contribution >= 4 is 21.4 Å². The Bertz CT molecular complexity index is 973. The molecule has 0 saturated heterocycles. The van der Waals surface area contributed by atoms with Crippen LogP contribution in [0.2, 0.25) is 5.02 Å². The quantitative estimate of drug-likeness (QED) is 0.663. The molecule has 0 amide bonds. The summed E-state index contributed by atoms with van der Waals surface area (Å²) in [6.45, 7) is 0. The molecule has 0 aliphatic heterocycles. The second-order valence-electron chi connectivity index (χ2n) is 4.87. The molecule has 121 valence electrons. The summed E-state index contributed by atoms with van der Waals surface area (Å²) in [6, 6.07) is 18.7. The molecule has 0 spiro atoms. The molecule has 3 rings (SSSR count). The molecular weight excluding hydrogens is 351 g/mol. The summed E-state index contributed by atoms with van der Waals surface area (Å²) in [6.07, 6.45) is 0. The van der Waals surface area contributed by atoms with E-state index in [-0.39, 0.29) is 21.3 Å². The Labute approximate surface area is 144 Å². The van der Waals surface area contributed by atoms with Crippen LogP contribution < -0.4 is 4.74 Å². The van der Waals surface area contributed by atoms with E-state index in [9.17, 15) is 12.8 Å². The third kappa shape index (κ3) is 3.27. The summed E-state index contributed by atoms with van der Waals surface area (Å²) in [5, 5.41) is 0.300. The fraction of sp³-hybridized carbons (Fsp3) is 0. The molecule has 0 aliphatic carbocycles. The smallest absolute Gasteiger partial charge is 0.206 e. The van der Waals surface area contributed by atoms with Gasteiger partial charge in [-0.2, -0.15) is 0 Å². The lowest BCUT2D eigenvalue weighted by atomic mass is 10.3. The molecule has 1 radical (unpaired) electrons. The molecule has 0 heterocycles. The van der Waals surface area contributed by atoms with Crippen molar-refractivity contribution in [2.45, 2.75) is 9.79 Å². The lowest BCUT2D eigenvalue weighted by Crippen LogP contribution is -2.02. The van der Waals surface area contributed by atoms with Crippen molar-refractivity contribution in [2.75, 3.05) is 0 Å². The third-order valence-corrected chi connectivity index (χ3v) is 5.34. The Morgan fingerprint density at radius 1 is 0.958 bits per heavy atom. The lowest BCUT2D eigenvalue weighted by molar-refractivity contribution is 0.441. The Hall–Kier alpha value is -2.37. The predicted octanol–water partition coefficient (Wildman–Crippen LogP) is 4.90. The average molecular weight is 362 g/mol. The largest absolute Gasteiger partial charge is 0.453 e. The predicted molar refractivity (Wildman–Crippen MR) is 88.7 cm³/mol. The van der Waals surface area contributed by atoms with Crippen LogP contribution in [0, 0.1) is 11.9 Å². The van der Waals surface area contributed by atoms with Gasteiger partial charge in [0.25, 0.3) is 0 Å². The van der Waals surface area contributed by atoms with Crippen LogP contribution in [0.3, 0.4) is 0 Å². The van der Waals surface area contributed by atoms with Crippen LogP contribution in [0.5, 0.6) is 11.5 Å². The van der Waals surface area contributed by atoms with Crippen molar-refractivity contribution in [3.05, 3.63) is 83.6 Å². The molecule has 3 aromatic carbocycles. The first-order chi connectivity index (χ1) is 11.5. The van der Waals surface area contributed by atoms with E-state index >= 15 is 0 Å². The van der Waals surface area contributed by atoms with Gasteiger partial charge in [-0.1, -0.05) is 35.9 Å². The van der Waals surface area contributed by atoms with Gasteiger partial charge >= 0.3 is 0 Å². The number of rotatable bonds is 4. The van der Waals surface area contributed by atoms with Crippen LogP contribution in [-0.4, -0.2) is 8.42 Å². The Kier molecular flexibility index (Phi) is 4.55. The number of sulfone groups is 1. The first-order valence-corrected chi connectivity index (χ1v) is 8.78. The maximum atomic E-state index is 14.3. The van der Waals surface area contributed by atoms with Crippen LogP contribution in [-0.2, 0) is 9.84 Å². The van der Waals surface area contributed by atoms with E-state index in [4.69, 9.17) is 16.3 Å². The molecule has 0 bridgehead atoms. The van der Waals surface area contributed by atoms with Gasteiger partial charge in [0, 0.05) is 0 Å². The van der Waals surface area contributed by atoms with Gasteiger partial charge in [-0.3, -0.25) is 0 Å². The molecule has 6 heteroatoms. The summed E-state index contributed by atoms with van der Waals surface area (Å²) in [7, 11) is -3.79. The molecule has 0 N–H and O–H groups in total. The minimum absolute atomic E-state index is 0.0961. The Morgan fingerprint density at radius 3 is 2.38 bits per heavy atom. The topological polar surface area (TPSA) is 43.4 Å². The van der Waals surface area contributed by atoms with Crippen LogP contribution in [0.1, 0.15) is 0 Å². The highest BCUT2D eigenvalue weighted by atomic mass is 35.5. The van der Waals surface area contributed by atoms with Crippen LogP contribution in [0.4, 0.5) is 4.39 Å². The maximum absolute atomic E-state index is 14.3. The molecule has 0 atom stereocenters. The second-order valence-corrected chi connectivity index (χ2v) is 7.22. The van der Waals surface area contributed by atoms with Crippen LogP contribution >= 0.6 is 11.6 Å². The molecule has 0 aliphatic rings. The number of benzene rings is 3. The summed E-state index contributed by atoms with van der Waals surface area (Å²) in [5.74, 6) is -0.688. The minimum atomic E-state index is -3.79. The van der Waals surface area contributed by atoms with Crippen molar-refractivity contribution < 1.29 is 17.5 Å². The molecule has 0 aromatic heterocycles. The van der Waals surface area contributed by atoms with Gasteiger partial charge in [-0.05, 0) is 48.5 Å². The van der Waals surface area contributed by atoms with Gasteiger partial charge in [-0.25, -0.2) is 12.8 Å². The van der Waals surface area contributed by atoms with Crippen LogP contribution in [0.15, 0.2) is 76.5 Å². The molecule has 0 fully saturated rings. The SMILES string of the molecule is O=S(=O)(c1ccccc1)c1ccc(Oc2c[c]ccc2Cl)c(F)c1. The van der Waals surface area contributed by atoms with E-state index in [0.29, 0.717) is 5.02 Å². The standard InChI is InChI=1S/C18H11ClFO3S/c19-15-8-4-5-9-17(15)23-18-11-10-14(12-16(18)20)24(21,22)13-6-2-1-3-7-13/h1-4,6-12H. The summed E-state index contributed by atoms with van der Waals surface area (Å²) in [4.78, 5) is -0.0527. The molecule has 0 unspecified atom stereocenters. The fourth-order valence-corrected chi connectivity index (χ4v) is 3.51. The van der Waals surface area contributed by atoms with E-state index in [2.05, 4.69) is 6.07 Å². The van der Waals surface area contributed by atoms with Gasteiger partial charge in [0.2, 0.25) is 9.84 Å². The van der Waals surface area contributed by atoms with Crippen molar-refractivity contribution in [3.8, 4) is 11.5 Å². The highest BCUT2D eigenvalue weighted by Gasteiger charge is 2.19. The lowest BCUT2D eigenvalue weighted by Gasteiger charge is -2.10. The first-order valence-electron chi connectivity index (χ1n) is 6.91. The van der Waals surface area contributed by atoms with Crippen LogP contribution in [0.25, 0.3) is 0 Å². The molecule has 0 saturated carbocycles. The maximum Gasteiger partial charge on any atom is 0.206 e. The monoisotopic (exact) mass is 361 g/mol. The van der Waals surface area contributed by atoms with Crippen molar-refractivity contribution in [3.63, 3.8) is 0 Å². The van der Waals surface area contributed by atoms with Gasteiger partial charge < -0.3 is 4.74 Å². The van der Waals surface area contributed by atoms with Gasteiger partial charge in [0.15, 0.2) is 11.6 Å². The zero-order valence-corrected chi connectivity index (χ0v) is 13.8. The Balaban J connectivity index is 1.95. The fourth-order valence-electron chi connectivity index (χ4n) is 2.06. The average Bonchev–Trinajstić information content (AvgIpc) is 2.59. The highest BCUT2D eigenvalue weighted by Crippen LogP contribution is 2.32. The first kappa shape index (κ1) is 16.5. The van der Waals surface area contributed by atoms with E-state index in [1.165, 1.54) is 30.3 Å². The van der Waals surface area contributed by atoms with Crippen molar-refractivity contribution in [1.29, 1.82) is 0 Å². The second kappa shape index (κ2) is 6.63. The molecule has 24 heavy (non-hydrogen) atoms. The van der Waals surface area contributed by atoms with Gasteiger partial charge in [-0.15, -0.1) is 0 Å². The molecular formula is C18H11ClFO3S. The third-order valence-electron chi connectivity index (χ3n) is 3.26. The summed E-state index contributed by atoms with van der Waals surface area (Å²) in [5.41, 5.74) is 0. The van der Waals surface area contributed by atoms with Crippen molar-refractivity contribution in [1.82, 2.24) is 0 Å². The van der Waals surface area contributed by atoms with E-state index in [1.54, 1.807) is 30.3 Å². The summed E-state index contributed by atoms with van der Waals surface area (Å²) < 4.78 is 44.6. The van der Waals surface area contributed by atoms with Gasteiger partial charge in [0.1, 0.15) is 5.75 Å². The number of halogens is 2. The van der Waals surface area contributed by atoms with E-state index in [0.717, 1.165) is 6.07 Å². The van der Waals surface area contributed by atoms with Gasteiger partial charge in [0.05, 0.1) is 14.8 Å². The number of hydrogen-bond acceptors (Lipinski definition) is 3. The number of ether oxygens (including phenoxy) is 1. The number of hydrogen-bond donors (Lipinski definition) is 0. The minimum Gasteiger partial charge on any atom is -0.453 e. The zero-order valence-electron chi connectivity index (χ0n) is 12.2. The highest BCUT2D eigenvalue weighted by molar-refractivity contribution is 7.91. The Morgan fingerprint density at radius 2 is 1.71 bits per heavy atom. The zero-order chi connectivity index (χ0) is 17.2. The van der Waals surface area contributed by atoms with E-state index < -0.39 is 15.7 Å².